The largest absolute Gasteiger partial charge is 0.326 e. The van der Waals surface area contributed by atoms with Gasteiger partial charge in [-0.2, -0.15) is 0 Å². The number of halogens is 1. The third-order valence-corrected chi connectivity index (χ3v) is 4.12. The first kappa shape index (κ1) is 15.4. The Morgan fingerprint density at radius 2 is 1.96 bits per heavy atom. The first-order valence-corrected chi connectivity index (χ1v) is 7.56. The Morgan fingerprint density at radius 1 is 1.30 bits per heavy atom. The van der Waals surface area contributed by atoms with Crippen LogP contribution in [0.1, 0.15) is 19.3 Å². The van der Waals surface area contributed by atoms with Crippen LogP contribution in [0.5, 0.6) is 0 Å². The molecule has 2 aliphatic rings. The number of hydrogen-bond donors (Lipinski definition) is 0. The normalized spacial score (nSPS) is 20.7. The van der Waals surface area contributed by atoms with Crippen molar-refractivity contribution in [1.82, 2.24) is 4.90 Å². The number of anilines is 1. The van der Waals surface area contributed by atoms with E-state index < -0.39 is 17.8 Å². The highest BCUT2D eigenvalue weighted by Crippen LogP contribution is 2.34. The molecule has 3 amide bonds. The van der Waals surface area contributed by atoms with Gasteiger partial charge >= 0.3 is 0 Å². The van der Waals surface area contributed by atoms with Crippen LogP contribution >= 0.6 is 0 Å². The van der Waals surface area contributed by atoms with Crippen molar-refractivity contribution in [3.8, 4) is 0 Å². The third kappa shape index (κ3) is 2.88. The van der Waals surface area contributed by atoms with Gasteiger partial charge in [-0.1, -0.05) is 6.08 Å². The minimum absolute atomic E-state index is 0.0438. The Bertz CT molecular complexity index is 667. The first-order chi connectivity index (χ1) is 11.0. The minimum Gasteiger partial charge on any atom is -0.326 e. The maximum absolute atomic E-state index is 13.0. The van der Waals surface area contributed by atoms with Gasteiger partial charge in [0.15, 0.2) is 0 Å². The molecule has 0 radical (unpaired) electrons. The molecule has 5 nitrogen and oxygen atoms in total. The quantitative estimate of drug-likeness (QED) is 0.615. The van der Waals surface area contributed by atoms with E-state index in [4.69, 9.17) is 0 Å². The van der Waals surface area contributed by atoms with E-state index in [2.05, 4.69) is 6.58 Å². The Balaban J connectivity index is 1.85. The number of amides is 3. The highest BCUT2D eigenvalue weighted by atomic mass is 19.1. The molecule has 1 aromatic rings. The molecular formula is C17H17FN2O3. The van der Waals surface area contributed by atoms with Crippen molar-refractivity contribution < 1.29 is 18.8 Å². The number of benzene rings is 1. The molecule has 0 N–H and O–H groups in total. The molecule has 120 valence electrons. The Hall–Kier alpha value is -2.50. The van der Waals surface area contributed by atoms with E-state index in [-0.39, 0.29) is 30.7 Å². The second-order valence-corrected chi connectivity index (χ2v) is 5.82. The Morgan fingerprint density at radius 3 is 2.52 bits per heavy atom. The third-order valence-electron chi connectivity index (χ3n) is 4.12. The highest BCUT2D eigenvalue weighted by molar-refractivity contribution is 6.23. The molecule has 6 heteroatoms. The molecule has 1 aliphatic heterocycles. The lowest BCUT2D eigenvalue weighted by molar-refractivity contribution is -0.138. The fourth-order valence-electron chi connectivity index (χ4n) is 2.80. The predicted molar refractivity (Wildman–Crippen MR) is 81.9 cm³/mol. The number of carbonyl (C=O) groups is 3. The smallest absolute Gasteiger partial charge is 0.257 e. The SMILES string of the molecule is C=CCN(C(=O)C1CC1)C1CC(=O)N(c2ccc(F)cc2)C1=O. The topological polar surface area (TPSA) is 57.7 Å². The monoisotopic (exact) mass is 316 g/mol. The lowest BCUT2D eigenvalue weighted by Crippen LogP contribution is -2.46. The van der Waals surface area contributed by atoms with Crippen LogP contribution in [0.4, 0.5) is 10.1 Å². The molecule has 2 fully saturated rings. The van der Waals surface area contributed by atoms with Crippen LogP contribution < -0.4 is 4.90 Å². The summed E-state index contributed by atoms with van der Waals surface area (Å²) in [6, 6.07) is 4.35. The van der Waals surface area contributed by atoms with Crippen LogP contribution in [0, 0.1) is 11.7 Å². The van der Waals surface area contributed by atoms with Crippen LogP contribution in [0.3, 0.4) is 0 Å². The molecule has 0 aromatic heterocycles. The zero-order valence-electron chi connectivity index (χ0n) is 12.6. The van der Waals surface area contributed by atoms with Crippen LogP contribution in [0.15, 0.2) is 36.9 Å². The Kier molecular flexibility index (Phi) is 3.98. The fraction of sp³-hybridized carbons (Fsp3) is 0.353. The van der Waals surface area contributed by atoms with Gasteiger partial charge in [0.1, 0.15) is 11.9 Å². The standard InChI is InChI=1S/C17H17FN2O3/c1-2-9-19(16(22)11-3-4-11)14-10-15(21)20(17(14)23)13-7-5-12(18)6-8-13/h2,5-8,11,14H,1,3-4,9-10H2. The molecule has 1 aliphatic carbocycles. The highest BCUT2D eigenvalue weighted by Gasteiger charge is 2.46. The van der Waals surface area contributed by atoms with Gasteiger partial charge in [0.2, 0.25) is 11.8 Å². The maximum Gasteiger partial charge on any atom is 0.257 e. The first-order valence-electron chi connectivity index (χ1n) is 7.56. The summed E-state index contributed by atoms with van der Waals surface area (Å²) < 4.78 is 13.0. The van der Waals surface area contributed by atoms with Crippen molar-refractivity contribution in [3.05, 3.63) is 42.7 Å². The number of carbonyl (C=O) groups excluding carboxylic acids is 3. The lowest BCUT2D eigenvalue weighted by atomic mass is 10.2. The van der Waals surface area contributed by atoms with Gasteiger partial charge in [-0.15, -0.1) is 6.58 Å². The molecule has 3 rings (SSSR count). The van der Waals surface area contributed by atoms with E-state index in [0.29, 0.717) is 5.69 Å². The zero-order valence-corrected chi connectivity index (χ0v) is 12.6. The average molecular weight is 316 g/mol. The van der Waals surface area contributed by atoms with E-state index in [9.17, 15) is 18.8 Å². The molecule has 0 spiro atoms. The van der Waals surface area contributed by atoms with Crippen LogP contribution in [-0.4, -0.2) is 35.2 Å². The van der Waals surface area contributed by atoms with Gasteiger partial charge in [-0.25, -0.2) is 9.29 Å². The molecule has 1 saturated carbocycles. The molecule has 1 atom stereocenters. The maximum atomic E-state index is 13.0. The molecule has 1 aromatic carbocycles. The fourth-order valence-corrected chi connectivity index (χ4v) is 2.80. The van der Waals surface area contributed by atoms with Crippen molar-refractivity contribution in [2.75, 3.05) is 11.4 Å². The van der Waals surface area contributed by atoms with Crippen molar-refractivity contribution in [3.63, 3.8) is 0 Å². The van der Waals surface area contributed by atoms with E-state index in [1.54, 1.807) is 6.08 Å². The van der Waals surface area contributed by atoms with E-state index in [0.717, 1.165) is 17.7 Å². The van der Waals surface area contributed by atoms with Crippen molar-refractivity contribution in [2.24, 2.45) is 5.92 Å². The number of hydrogen-bond acceptors (Lipinski definition) is 3. The van der Waals surface area contributed by atoms with Crippen LogP contribution in [0.25, 0.3) is 0 Å². The molecule has 0 bridgehead atoms. The summed E-state index contributed by atoms with van der Waals surface area (Å²) in [7, 11) is 0. The molecule has 1 unspecified atom stereocenters. The second kappa shape index (κ2) is 5.95. The van der Waals surface area contributed by atoms with Crippen LogP contribution in [-0.2, 0) is 14.4 Å². The number of imide groups is 1. The molecule has 23 heavy (non-hydrogen) atoms. The summed E-state index contributed by atoms with van der Waals surface area (Å²) in [6.07, 6.45) is 3.15. The van der Waals surface area contributed by atoms with E-state index in [1.807, 2.05) is 0 Å². The predicted octanol–water partition coefficient (Wildman–Crippen LogP) is 1.88. The summed E-state index contributed by atoms with van der Waals surface area (Å²) >= 11 is 0. The van der Waals surface area contributed by atoms with Crippen molar-refractivity contribution >= 4 is 23.4 Å². The van der Waals surface area contributed by atoms with Gasteiger partial charge in [-0.05, 0) is 37.1 Å². The number of nitrogens with zero attached hydrogens (tertiary/aromatic N) is 2. The van der Waals surface area contributed by atoms with Gasteiger partial charge < -0.3 is 4.90 Å². The van der Waals surface area contributed by atoms with E-state index >= 15 is 0 Å². The average Bonchev–Trinajstić information content (AvgIpc) is 3.33. The van der Waals surface area contributed by atoms with Gasteiger partial charge in [-0.3, -0.25) is 14.4 Å². The summed E-state index contributed by atoms with van der Waals surface area (Å²) in [4.78, 5) is 39.7. The summed E-state index contributed by atoms with van der Waals surface area (Å²) in [5.41, 5.74) is 0.321. The Labute approximate surface area is 133 Å². The zero-order chi connectivity index (χ0) is 16.6. The summed E-state index contributed by atoms with van der Waals surface area (Å²) in [6.45, 7) is 3.85. The van der Waals surface area contributed by atoms with Gasteiger partial charge in [0.05, 0.1) is 12.1 Å². The second-order valence-electron chi connectivity index (χ2n) is 5.82. The minimum atomic E-state index is -0.807. The summed E-state index contributed by atoms with van der Waals surface area (Å²) in [5.74, 6) is -1.42. The molecular weight excluding hydrogens is 299 g/mol. The van der Waals surface area contributed by atoms with Crippen molar-refractivity contribution in [2.45, 2.75) is 25.3 Å². The van der Waals surface area contributed by atoms with E-state index in [1.165, 1.54) is 29.2 Å². The number of rotatable bonds is 5. The lowest BCUT2D eigenvalue weighted by Gasteiger charge is -2.26. The molecule has 1 saturated heterocycles. The van der Waals surface area contributed by atoms with Gasteiger partial charge in [0.25, 0.3) is 5.91 Å². The molecule has 1 heterocycles. The van der Waals surface area contributed by atoms with Crippen LogP contribution in [0.2, 0.25) is 0 Å². The van der Waals surface area contributed by atoms with Gasteiger partial charge in [0, 0.05) is 12.5 Å². The summed E-state index contributed by atoms with van der Waals surface area (Å²) in [5, 5.41) is 0. The van der Waals surface area contributed by atoms with Crippen molar-refractivity contribution in [1.29, 1.82) is 0 Å².